The lowest BCUT2D eigenvalue weighted by atomic mass is 10.0. The molecule has 0 amide bonds. The summed E-state index contributed by atoms with van der Waals surface area (Å²) >= 11 is 0. The zero-order valence-electron chi connectivity index (χ0n) is 42.6. The molecule has 0 saturated heterocycles. The van der Waals surface area contributed by atoms with Crippen molar-refractivity contribution in [3.8, 4) is 0 Å². The Bertz CT molecular complexity index is 1120. The number of hydrogen-bond donors (Lipinski definition) is 0. The van der Waals surface area contributed by atoms with E-state index in [-0.39, 0.29) is 31.1 Å². The third-order valence-corrected chi connectivity index (χ3v) is 12.1. The first-order valence-electron chi connectivity index (χ1n) is 27.7. The van der Waals surface area contributed by atoms with Crippen LogP contribution in [-0.2, 0) is 28.6 Å². The van der Waals surface area contributed by atoms with Gasteiger partial charge in [0.2, 0.25) is 0 Å². The predicted octanol–water partition coefficient (Wildman–Crippen LogP) is 18.3. The van der Waals surface area contributed by atoms with Crippen molar-refractivity contribution in [3.63, 3.8) is 0 Å². The van der Waals surface area contributed by atoms with E-state index in [0.717, 1.165) is 89.9 Å². The fourth-order valence-corrected chi connectivity index (χ4v) is 7.91. The molecule has 6 nitrogen and oxygen atoms in total. The van der Waals surface area contributed by atoms with Crippen LogP contribution in [0.5, 0.6) is 0 Å². The van der Waals surface area contributed by atoms with Crippen LogP contribution < -0.4 is 0 Å². The molecule has 0 fully saturated rings. The van der Waals surface area contributed by atoms with Crippen molar-refractivity contribution in [1.29, 1.82) is 0 Å². The van der Waals surface area contributed by atoms with Crippen molar-refractivity contribution in [2.45, 2.75) is 290 Å². The van der Waals surface area contributed by atoms with Gasteiger partial charge in [-0.05, 0) is 70.6 Å². The number of hydrogen-bond acceptors (Lipinski definition) is 6. The molecule has 372 valence electrons. The van der Waals surface area contributed by atoms with Gasteiger partial charge in [0, 0.05) is 19.3 Å². The largest absolute Gasteiger partial charge is 0.462 e. The van der Waals surface area contributed by atoms with Crippen LogP contribution in [0.1, 0.15) is 284 Å². The molecular formula is C58H104O6. The standard InChI is InChI=1S/C58H104O6/c1-4-7-10-13-16-19-22-25-27-28-29-31-33-36-39-42-45-48-51-57(60)63-54-55(53-62-56(59)50-47-44-41-38-35-32-24-21-18-15-12-9-6-3)64-58(61)52-49-46-43-40-37-34-30-26-23-20-17-14-11-8-5-2/h22,25,27-29,31-32,35,55H,4-21,23-24,26,30,33-34,36-54H2,1-3H3/b25-22-,28-27-,31-29-,35-32-. The Morgan fingerprint density at radius 3 is 0.922 bits per heavy atom. The number of carbonyl (C=O) groups excluding carboxylic acids is 3. The maximum absolute atomic E-state index is 12.8. The van der Waals surface area contributed by atoms with Gasteiger partial charge in [-0.2, -0.15) is 0 Å². The normalized spacial score (nSPS) is 12.4. The minimum atomic E-state index is -0.784. The van der Waals surface area contributed by atoms with E-state index in [1.54, 1.807) is 0 Å². The van der Waals surface area contributed by atoms with Crippen LogP contribution in [0.4, 0.5) is 0 Å². The van der Waals surface area contributed by atoms with E-state index in [2.05, 4.69) is 69.4 Å². The van der Waals surface area contributed by atoms with E-state index in [1.165, 1.54) is 154 Å². The van der Waals surface area contributed by atoms with Gasteiger partial charge in [-0.1, -0.05) is 243 Å². The van der Waals surface area contributed by atoms with Gasteiger partial charge in [0.1, 0.15) is 13.2 Å². The summed E-state index contributed by atoms with van der Waals surface area (Å²) < 4.78 is 16.8. The highest BCUT2D eigenvalue weighted by atomic mass is 16.6. The third kappa shape index (κ3) is 50.4. The minimum absolute atomic E-state index is 0.0853. The summed E-state index contributed by atoms with van der Waals surface area (Å²) in [6.07, 6.45) is 63.8. The van der Waals surface area contributed by atoms with Crippen molar-refractivity contribution in [3.05, 3.63) is 48.6 Å². The molecule has 0 spiro atoms. The van der Waals surface area contributed by atoms with Crippen LogP contribution in [0.15, 0.2) is 48.6 Å². The van der Waals surface area contributed by atoms with Gasteiger partial charge in [0.05, 0.1) is 0 Å². The Kier molecular flexibility index (Phi) is 50.8. The Hall–Kier alpha value is -2.63. The van der Waals surface area contributed by atoms with E-state index >= 15 is 0 Å². The average Bonchev–Trinajstić information content (AvgIpc) is 3.29. The molecule has 0 saturated carbocycles. The Morgan fingerprint density at radius 2 is 0.578 bits per heavy atom. The van der Waals surface area contributed by atoms with Crippen molar-refractivity contribution in [2.75, 3.05) is 13.2 Å². The van der Waals surface area contributed by atoms with Crippen LogP contribution in [0.2, 0.25) is 0 Å². The molecule has 0 rings (SSSR count). The van der Waals surface area contributed by atoms with Gasteiger partial charge >= 0.3 is 17.9 Å². The number of rotatable bonds is 50. The maximum atomic E-state index is 12.8. The summed E-state index contributed by atoms with van der Waals surface area (Å²) in [7, 11) is 0. The molecule has 0 heterocycles. The molecule has 64 heavy (non-hydrogen) atoms. The van der Waals surface area contributed by atoms with Crippen molar-refractivity contribution in [2.24, 2.45) is 0 Å². The molecular weight excluding hydrogens is 793 g/mol. The van der Waals surface area contributed by atoms with Crippen molar-refractivity contribution >= 4 is 17.9 Å². The number of esters is 3. The van der Waals surface area contributed by atoms with E-state index in [9.17, 15) is 14.4 Å². The van der Waals surface area contributed by atoms with Gasteiger partial charge in [-0.25, -0.2) is 0 Å². The molecule has 0 aliphatic carbocycles. The molecule has 6 heteroatoms. The number of ether oxygens (including phenoxy) is 3. The average molecular weight is 897 g/mol. The van der Waals surface area contributed by atoms with Crippen LogP contribution >= 0.6 is 0 Å². The summed E-state index contributed by atoms with van der Waals surface area (Å²) in [5.41, 5.74) is 0. The van der Waals surface area contributed by atoms with Crippen LogP contribution in [-0.4, -0.2) is 37.2 Å². The van der Waals surface area contributed by atoms with Crippen LogP contribution in [0.25, 0.3) is 0 Å². The summed E-state index contributed by atoms with van der Waals surface area (Å²) in [5.74, 6) is -0.907. The van der Waals surface area contributed by atoms with Gasteiger partial charge in [0.25, 0.3) is 0 Å². The van der Waals surface area contributed by atoms with E-state index in [0.29, 0.717) is 19.3 Å². The maximum Gasteiger partial charge on any atom is 0.306 e. The van der Waals surface area contributed by atoms with Gasteiger partial charge in [-0.15, -0.1) is 0 Å². The fraction of sp³-hybridized carbons (Fsp3) is 0.810. The van der Waals surface area contributed by atoms with Crippen LogP contribution in [0.3, 0.4) is 0 Å². The third-order valence-electron chi connectivity index (χ3n) is 12.1. The topological polar surface area (TPSA) is 78.9 Å². The van der Waals surface area contributed by atoms with Gasteiger partial charge in [0.15, 0.2) is 6.10 Å². The second-order valence-electron chi connectivity index (χ2n) is 18.6. The summed E-state index contributed by atoms with van der Waals surface area (Å²) in [5, 5.41) is 0. The van der Waals surface area contributed by atoms with E-state index < -0.39 is 6.10 Å². The highest BCUT2D eigenvalue weighted by molar-refractivity contribution is 5.71. The molecule has 0 N–H and O–H groups in total. The van der Waals surface area contributed by atoms with E-state index in [4.69, 9.17) is 14.2 Å². The quantitative estimate of drug-likeness (QED) is 0.0199. The number of unbranched alkanes of at least 4 members (excludes halogenated alkanes) is 33. The fourth-order valence-electron chi connectivity index (χ4n) is 7.91. The SMILES string of the molecule is CCCCCCC\C=C/C=C\C=C/CCCCCCCC(=O)OCC(COC(=O)CCCCC/C=C\CCCCCCCC)OC(=O)CCCCCCCCCCCCCCCCC. The van der Waals surface area contributed by atoms with Gasteiger partial charge in [-0.3, -0.25) is 14.4 Å². The smallest absolute Gasteiger partial charge is 0.306 e. The van der Waals surface area contributed by atoms with Crippen LogP contribution in [0, 0.1) is 0 Å². The Morgan fingerprint density at radius 1 is 0.312 bits per heavy atom. The lowest BCUT2D eigenvalue weighted by molar-refractivity contribution is -0.167. The van der Waals surface area contributed by atoms with Gasteiger partial charge < -0.3 is 14.2 Å². The second kappa shape index (κ2) is 53.0. The highest BCUT2D eigenvalue weighted by Crippen LogP contribution is 2.16. The first kappa shape index (κ1) is 61.4. The Labute approximate surface area is 397 Å². The molecule has 0 aromatic heterocycles. The molecule has 0 aromatic carbocycles. The predicted molar refractivity (Wildman–Crippen MR) is 275 cm³/mol. The summed E-state index contributed by atoms with van der Waals surface area (Å²) in [6, 6.07) is 0. The molecule has 0 radical (unpaired) electrons. The lowest BCUT2D eigenvalue weighted by Gasteiger charge is -2.18. The first-order valence-corrected chi connectivity index (χ1v) is 27.7. The molecule has 0 bridgehead atoms. The Balaban J connectivity index is 4.40. The molecule has 0 aliphatic heterocycles. The second-order valence-corrected chi connectivity index (χ2v) is 18.6. The monoisotopic (exact) mass is 897 g/mol. The minimum Gasteiger partial charge on any atom is -0.462 e. The zero-order chi connectivity index (χ0) is 46.5. The van der Waals surface area contributed by atoms with Crippen molar-refractivity contribution < 1.29 is 28.6 Å². The van der Waals surface area contributed by atoms with Crippen molar-refractivity contribution in [1.82, 2.24) is 0 Å². The number of allylic oxidation sites excluding steroid dienone is 8. The summed E-state index contributed by atoms with van der Waals surface area (Å²) in [6.45, 7) is 6.61. The summed E-state index contributed by atoms with van der Waals surface area (Å²) in [4.78, 5) is 38.0. The molecule has 0 aliphatic rings. The lowest BCUT2D eigenvalue weighted by Crippen LogP contribution is -2.30. The zero-order valence-corrected chi connectivity index (χ0v) is 42.6. The first-order chi connectivity index (χ1) is 31.5. The number of carbonyl (C=O) groups is 3. The molecule has 1 unspecified atom stereocenters. The molecule has 1 atom stereocenters. The highest BCUT2D eigenvalue weighted by Gasteiger charge is 2.19. The molecule has 0 aromatic rings. The van der Waals surface area contributed by atoms with E-state index in [1.807, 2.05) is 0 Å².